The van der Waals surface area contributed by atoms with Crippen molar-refractivity contribution < 1.29 is 4.52 Å². The number of hydrogen-bond acceptors (Lipinski definition) is 4. The van der Waals surface area contributed by atoms with E-state index in [-0.39, 0.29) is 11.9 Å². The zero-order valence-corrected chi connectivity index (χ0v) is 13.5. The first-order chi connectivity index (χ1) is 12.0. The molecule has 0 amide bonds. The van der Waals surface area contributed by atoms with E-state index in [1.54, 1.807) is 18.2 Å². The third-order valence-corrected chi connectivity index (χ3v) is 3.28. The molecule has 1 aromatic heterocycles. The number of nitrogens with two attached hydrogens (primary N) is 3. The molecule has 1 heterocycles. The van der Waals surface area contributed by atoms with Gasteiger partial charge in [0.1, 0.15) is 0 Å². The van der Waals surface area contributed by atoms with E-state index in [2.05, 4.69) is 20.1 Å². The SMILES string of the molecule is Cc1cccc(-c2noc(-c3cccc(N=C(N)N=C(N)N)c3)n2)c1. The number of benzene rings is 2. The van der Waals surface area contributed by atoms with E-state index >= 15 is 0 Å². The molecule has 25 heavy (non-hydrogen) atoms. The normalized spacial score (nSPS) is 11.3. The van der Waals surface area contributed by atoms with Crippen molar-refractivity contribution in [3.05, 3.63) is 54.1 Å². The molecule has 0 aliphatic carbocycles. The molecule has 0 atom stereocenters. The minimum atomic E-state index is -0.155. The quantitative estimate of drug-likeness (QED) is 0.493. The molecule has 0 aliphatic heterocycles. The number of guanidine groups is 2. The number of aromatic nitrogens is 2. The molecule has 8 heteroatoms. The molecule has 3 aromatic rings. The highest BCUT2D eigenvalue weighted by Gasteiger charge is 2.11. The summed E-state index contributed by atoms with van der Waals surface area (Å²) in [6.07, 6.45) is 0. The monoisotopic (exact) mass is 335 g/mol. The molecule has 0 radical (unpaired) electrons. The van der Waals surface area contributed by atoms with Crippen LogP contribution in [0.4, 0.5) is 5.69 Å². The van der Waals surface area contributed by atoms with Crippen LogP contribution in [0.2, 0.25) is 0 Å². The lowest BCUT2D eigenvalue weighted by Gasteiger charge is -1.98. The lowest BCUT2D eigenvalue weighted by atomic mass is 10.1. The van der Waals surface area contributed by atoms with Crippen molar-refractivity contribution in [3.63, 3.8) is 0 Å². The molecular formula is C17H17N7O. The largest absolute Gasteiger partial charge is 0.370 e. The molecule has 0 unspecified atom stereocenters. The highest BCUT2D eigenvalue weighted by Crippen LogP contribution is 2.25. The first-order valence-corrected chi connectivity index (χ1v) is 7.46. The van der Waals surface area contributed by atoms with E-state index in [9.17, 15) is 0 Å². The Morgan fingerprint density at radius 1 is 1.00 bits per heavy atom. The molecule has 3 rings (SSSR count). The van der Waals surface area contributed by atoms with Crippen LogP contribution in [0.3, 0.4) is 0 Å². The Hall–Kier alpha value is -3.68. The number of aryl methyl sites for hydroxylation is 1. The van der Waals surface area contributed by atoms with Crippen molar-refractivity contribution in [1.29, 1.82) is 0 Å². The van der Waals surface area contributed by atoms with Gasteiger partial charge >= 0.3 is 0 Å². The molecule has 126 valence electrons. The Bertz CT molecular complexity index is 955. The number of nitrogens with zero attached hydrogens (tertiary/aromatic N) is 4. The smallest absolute Gasteiger partial charge is 0.258 e. The van der Waals surface area contributed by atoms with E-state index in [1.165, 1.54) is 0 Å². The molecule has 6 N–H and O–H groups in total. The summed E-state index contributed by atoms with van der Waals surface area (Å²) in [5.41, 5.74) is 19.5. The van der Waals surface area contributed by atoms with Crippen LogP contribution in [0.5, 0.6) is 0 Å². The molecule has 8 nitrogen and oxygen atoms in total. The fourth-order valence-corrected chi connectivity index (χ4v) is 2.24. The maximum atomic E-state index is 5.64. The summed E-state index contributed by atoms with van der Waals surface area (Å²) in [6.45, 7) is 2.01. The maximum Gasteiger partial charge on any atom is 0.258 e. The van der Waals surface area contributed by atoms with Gasteiger partial charge in [0.15, 0.2) is 5.96 Å². The fraction of sp³-hybridized carbons (Fsp3) is 0.0588. The molecule has 2 aromatic carbocycles. The fourth-order valence-electron chi connectivity index (χ4n) is 2.24. The highest BCUT2D eigenvalue weighted by atomic mass is 16.5. The Balaban J connectivity index is 1.91. The standard InChI is InChI=1S/C17H17N7O/c1-10-4-2-5-11(8-10)14-22-15(25-24-14)12-6-3-7-13(9-12)21-17(20)23-16(18)19/h2-9H,1H3,(H6,18,19,20,21,23). The van der Waals surface area contributed by atoms with Gasteiger partial charge in [-0.15, -0.1) is 0 Å². The molecule has 0 fully saturated rings. The van der Waals surface area contributed by atoms with Gasteiger partial charge in [-0.05, 0) is 31.2 Å². The highest BCUT2D eigenvalue weighted by molar-refractivity contribution is 5.93. The van der Waals surface area contributed by atoms with E-state index in [0.717, 1.165) is 11.1 Å². The van der Waals surface area contributed by atoms with Gasteiger partial charge in [0, 0.05) is 11.1 Å². The van der Waals surface area contributed by atoms with E-state index in [4.69, 9.17) is 21.7 Å². The summed E-state index contributed by atoms with van der Waals surface area (Å²) >= 11 is 0. The molecule has 0 saturated heterocycles. The zero-order valence-electron chi connectivity index (χ0n) is 13.5. The van der Waals surface area contributed by atoms with Crippen molar-refractivity contribution in [2.24, 2.45) is 27.2 Å². The van der Waals surface area contributed by atoms with Crippen molar-refractivity contribution in [1.82, 2.24) is 10.1 Å². The predicted molar refractivity (Wildman–Crippen MR) is 97.0 cm³/mol. The summed E-state index contributed by atoms with van der Waals surface area (Å²) in [6, 6.07) is 15.0. The molecule has 0 bridgehead atoms. The second-order valence-corrected chi connectivity index (χ2v) is 5.35. The van der Waals surface area contributed by atoms with Crippen LogP contribution in [0.1, 0.15) is 5.56 Å². The van der Waals surface area contributed by atoms with E-state index < -0.39 is 0 Å². The van der Waals surface area contributed by atoms with Crippen LogP contribution in [-0.2, 0) is 0 Å². The molecular weight excluding hydrogens is 318 g/mol. The Labute approximate surface area is 144 Å². The molecule has 0 aliphatic rings. The second-order valence-electron chi connectivity index (χ2n) is 5.35. The lowest BCUT2D eigenvalue weighted by molar-refractivity contribution is 0.432. The summed E-state index contributed by atoms with van der Waals surface area (Å²) in [5, 5.41) is 4.03. The number of rotatable bonds is 3. The van der Waals surface area contributed by atoms with Crippen LogP contribution in [0.25, 0.3) is 22.8 Å². The maximum absolute atomic E-state index is 5.64. The first-order valence-electron chi connectivity index (χ1n) is 7.46. The summed E-state index contributed by atoms with van der Waals surface area (Å²) in [5.74, 6) is 0.710. The van der Waals surface area contributed by atoms with Gasteiger partial charge in [-0.25, -0.2) is 4.99 Å². The van der Waals surface area contributed by atoms with E-state index in [0.29, 0.717) is 23.0 Å². The van der Waals surface area contributed by atoms with Gasteiger partial charge in [-0.1, -0.05) is 35.0 Å². The third-order valence-electron chi connectivity index (χ3n) is 3.28. The minimum Gasteiger partial charge on any atom is -0.370 e. The van der Waals surface area contributed by atoms with Crippen molar-refractivity contribution in [2.45, 2.75) is 6.92 Å². The van der Waals surface area contributed by atoms with Gasteiger partial charge in [0.2, 0.25) is 11.8 Å². The van der Waals surface area contributed by atoms with Crippen molar-refractivity contribution >= 4 is 17.6 Å². The Kier molecular flexibility index (Phi) is 4.42. The summed E-state index contributed by atoms with van der Waals surface area (Å²) in [4.78, 5) is 12.2. The lowest BCUT2D eigenvalue weighted by Crippen LogP contribution is -2.26. The predicted octanol–water partition coefficient (Wildman–Crippen LogP) is 1.93. The molecule has 0 saturated carbocycles. The van der Waals surface area contributed by atoms with Crippen molar-refractivity contribution in [2.75, 3.05) is 0 Å². The average Bonchev–Trinajstić information content (AvgIpc) is 3.04. The van der Waals surface area contributed by atoms with Gasteiger partial charge in [0.05, 0.1) is 5.69 Å². The van der Waals surface area contributed by atoms with Crippen LogP contribution in [0.15, 0.2) is 63.0 Å². The first kappa shape index (κ1) is 16.2. The molecule has 0 spiro atoms. The Morgan fingerprint density at radius 2 is 1.76 bits per heavy atom. The number of aliphatic imine (C=N–C) groups is 2. The van der Waals surface area contributed by atoms with E-state index in [1.807, 2.05) is 37.3 Å². The minimum absolute atomic E-state index is 0.0388. The zero-order chi connectivity index (χ0) is 17.8. The van der Waals surface area contributed by atoms with Gasteiger partial charge in [-0.2, -0.15) is 9.98 Å². The summed E-state index contributed by atoms with van der Waals surface area (Å²) in [7, 11) is 0. The van der Waals surface area contributed by atoms with Crippen LogP contribution in [0, 0.1) is 6.92 Å². The van der Waals surface area contributed by atoms with Crippen molar-refractivity contribution in [3.8, 4) is 22.8 Å². The Morgan fingerprint density at radius 3 is 2.52 bits per heavy atom. The van der Waals surface area contributed by atoms with Gasteiger partial charge < -0.3 is 21.7 Å². The topological polar surface area (TPSA) is 142 Å². The van der Waals surface area contributed by atoms with Gasteiger partial charge in [0.25, 0.3) is 5.89 Å². The van der Waals surface area contributed by atoms with Crippen LogP contribution in [-0.4, -0.2) is 22.1 Å². The average molecular weight is 335 g/mol. The van der Waals surface area contributed by atoms with Crippen LogP contribution >= 0.6 is 0 Å². The number of hydrogen-bond donors (Lipinski definition) is 3. The van der Waals surface area contributed by atoms with Gasteiger partial charge in [-0.3, -0.25) is 0 Å². The van der Waals surface area contributed by atoms with Crippen LogP contribution < -0.4 is 17.2 Å². The third kappa shape index (κ3) is 3.99. The second kappa shape index (κ2) is 6.83. The summed E-state index contributed by atoms with van der Waals surface area (Å²) < 4.78 is 5.36.